The van der Waals surface area contributed by atoms with Gasteiger partial charge in [0.2, 0.25) is 0 Å². The van der Waals surface area contributed by atoms with E-state index in [2.05, 4.69) is 11.0 Å². The van der Waals surface area contributed by atoms with Crippen molar-refractivity contribution in [1.29, 1.82) is 0 Å². The molecule has 1 aliphatic heterocycles. The maximum atomic E-state index is 12.0. The molecule has 0 fully saturated rings. The van der Waals surface area contributed by atoms with Crippen LogP contribution in [0.15, 0.2) is 18.2 Å². The summed E-state index contributed by atoms with van der Waals surface area (Å²) in [5.74, 6) is 0. The minimum atomic E-state index is -0.191. The molecule has 94 valence electrons. The summed E-state index contributed by atoms with van der Waals surface area (Å²) in [6.07, 6.45) is 4.99. The van der Waals surface area contributed by atoms with Crippen LogP contribution in [-0.2, 0) is 6.42 Å². The summed E-state index contributed by atoms with van der Waals surface area (Å²) in [5.41, 5.74) is 9.50. The fraction of sp³-hybridized carbons (Fsp3) is 0.571. The van der Waals surface area contributed by atoms with Gasteiger partial charge in [0.15, 0.2) is 0 Å². The Morgan fingerprint density at radius 2 is 2.12 bits per heavy atom. The summed E-state index contributed by atoms with van der Waals surface area (Å²) < 4.78 is 12.0. The highest BCUT2D eigenvalue weighted by Crippen LogP contribution is 2.31. The fourth-order valence-electron chi connectivity index (χ4n) is 2.53. The molecule has 1 aliphatic rings. The van der Waals surface area contributed by atoms with E-state index in [1.165, 1.54) is 17.7 Å². The molecular formula is C14H21FN2. The summed E-state index contributed by atoms with van der Waals surface area (Å²) in [6, 6.07) is 6.15. The number of nitrogen functional groups attached to an aromatic ring is 1. The average molecular weight is 236 g/mol. The van der Waals surface area contributed by atoms with Crippen LogP contribution in [-0.4, -0.2) is 19.8 Å². The molecular weight excluding hydrogens is 215 g/mol. The Morgan fingerprint density at radius 1 is 1.24 bits per heavy atom. The fourth-order valence-corrected chi connectivity index (χ4v) is 2.53. The van der Waals surface area contributed by atoms with E-state index in [4.69, 9.17) is 5.73 Å². The monoisotopic (exact) mass is 236 g/mol. The highest BCUT2D eigenvalue weighted by Gasteiger charge is 2.17. The van der Waals surface area contributed by atoms with Gasteiger partial charge in [-0.1, -0.05) is 6.07 Å². The first-order valence-corrected chi connectivity index (χ1v) is 6.51. The van der Waals surface area contributed by atoms with Gasteiger partial charge in [0, 0.05) is 24.5 Å². The van der Waals surface area contributed by atoms with Gasteiger partial charge in [-0.25, -0.2) is 0 Å². The number of hydrogen-bond donors (Lipinski definition) is 1. The third kappa shape index (κ3) is 2.90. The normalized spacial score (nSPS) is 14.8. The molecule has 17 heavy (non-hydrogen) atoms. The van der Waals surface area contributed by atoms with Gasteiger partial charge in [0.1, 0.15) is 0 Å². The lowest BCUT2D eigenvalue weighted by atomic mass is 9.99. The molecule has 2 N–H and O–H groups in total. The second-order valence-electron chi connectivity index (χ2n) is 4.69. The van der Waals surface area contributed by atoms with E-state index in [-0.39, 0.29) is 6.67 Å². The highest BCUT2D eigenvalue weighted by molar-refractivity contribution is 5.66. The minimum Gasteiger partial charge on any atom is -0.398 e. The Bertz CT molecular complexity index is 365. The molecule has 0 radical (unpaired) electrons. The zero-order valence-electron chi connectivity index (χ0n) is 10.3. The molecule has 0 aliphatic carbocycles. The third-order valence-electron chi connectivity index (χ3n) is 3.44. The molecule has 0 saturated carbocycles. The lowest BCUT2D eigenvalue weighted by molar-refractivity contribution is 0.455. The Hall–Kier alpha value is -1.25. The molecule has 0 aromatic heterocycles. The molecule has 0 amide bonds. The van der Waals surface area contributed by atoms with Crippen LogP contribution in [0.1, 0.15) is 31.2 Å². The Balaban J connectivity index is 1.99. The van der Waals surface area contributed by atoms with Crippen molar-refractivity contribution >= 4 is 11.4 Å². The summed E-state index contributed by atoms with van der Waals surface area (Å²) in [7, 11) is 0. The van der Waals surface area contributed by atoms with Gasteiger partial charge in [0.25, 0.3) is 0 Å². The number of benzene rings is 1. The van der Waals surface area contributed by atoms with E-state index >= 15 is 0 Å². The van der Waals surface area contributed by atoms with Crippen molar-refractivity contribution in [2.24, 2.45) is 0 Å². The number of nitrogens with zero attached hydrogens (tertiary/aromatic N) is 1. The van der Waals surface area contributed by atoms with Crippen LogP contribution in [0.4, 0.5) is 15.8 Å². The lowest BCUT2D eigenvalue weighted by Crippen LogP contribution is -2.30. The van der Waals surface area contributed by atoms with E-state index in [0.29, 0.717) is 6.42 Å². The number of hydrogen-bond acceptors (Lipinski definition) is 2. The number of halogens is 1. The second kappa shape index (κ2) is 5.89. The van der Waals surface area contributed by atoms with Crippen molar-refractivity contribution in [3.05, 3.63) is 23.8 Å². The van der Waals surface area contributed by atoms with Crippen molar-refractivity contribution in [1.82, 2.24) is 0 Å². The number of fused-ring (bicyclic) bond motifs is 1. The number of unbranched alkanes of at least 4 members (excludes halogenated alkanes) is 2. The standard InChI is InChI=1S/C14H21FN2/c15-9-2-1-3-10-17-11-5-6-12-13(16)7-4-8-14(12)17/h4,7-8H,1-3,5-6,9-11,16H2. The van der Waals surface area contributed by atoms with Gasteiger partial charge in [-0.3, -0.25) is 4.39 Å². The zero-order valence-corrected chi connectivity index (χ0v) is 10.3. The molecule has 1 heterocycles. The van der Waals surface area contributed by atoms with Gasteiger partial charge in [-0.15, -0.1) is 0 Å². The number of rotatable bonds is 5. The lowest BCUT2D eigenvalue weighted by Gasteiger charge is -2.32. The largest absolute Gasteiger partial charge is 0.398 e. The third-order valence-corrected chi connectivity index (χ3v) is 3.44. The van der Waals surface area contributed by atoms with Gasteiger partial charge in [0.05, 0.1) is 6.67 Å². The summed E-state index contributed by atoms with van der Waals surface area (Å²) in [4.78, 5) is 2.40. The topological polar surface area (TPSA) is 29.3 Å². The summed E-state index contributed by atoms with van der Waals surface area (Å²) >= 11 is 0. The predicted molar refractivity (Wildman–Crippen MR) is 71.2 cm³/mol. The maximum Gasteiger partial charge on any atom is 0.0894 e. The van der Waals surface area contributed by atoms with Crippen molar-refractivity contribution in [3.8, 4) is 0 Å². The van der Waals surface area contributed by atoms with E-state index in [9.17, 15) is 4.39 Å². The minimum absolute atomic E-state index is 0.191. The molecule has 1 aromatic rings. The van der Waals surface area contributed by atoms with Crippen molar-refractivity contribution < 1.29 is 4.39 Å². The quantitative estimate of drug-likeness (QED) is 0.628. The number of anilines is 2. The van der Waals surface area contributed by atoms with E-state index in [1.54, 1.807) is 0 Å². The molecule has 0 bridgehead atoms. The van der Waals surface area contributed by atoms with Crippen LogP contribution < -0.4 is 10.6 Å². The molecule has 0 atom stereocenters. The van der Waals surface area contributed by atoms with Gasteiger partial charge < -0.3 is 10.6 Å². The maximum absolute atomic E-state index is 12.0. The van der Waals surface area contributed by atoms with Crippen LogP contribution >= 0.6 is 0 Å². The molecule has 1 aromatic carbocycles. The predicted octanol–water partition coefficient (Wildman–Crippen LogP) is 3.16. The van der Waals surface area contributed by atoms with Crippen molar-refractivity contribution in [2.45, 2.75) is 32.1 Å². The van der Waals surface area contributed by atoms with Crippen LogP contribution in [0.25, 0.3) is 0 Å². The molecule has 2 rings (SSSR count). The van der Waals surface area contributed by atoms with Gasteiger partial charge in [-0.2, -0.15) is 0 Å². The summed E-state index contributed by atoms with van der Waals surface area (Å²) in [6.45, 7) is 1.94. The molecule has 0 saturated heterocycles. The second-order valence-corrected chi connectivity index (χ2v) is 4.69. The van der Waals surface area contributed by atoms with Crippen molar-refractivity contribution in [2.75, 3.05) is 30.4 Å². The Labute approximate surface area is 103 Å². The van der Waals surface area contributed by atoms with E-state index in [0.717, 1.165) is 38.0 Å². The van der Waals surface area contributed by atoms with Crippen LogP contribution in [0.2, 0.25) is 0 Å². The van der Waals surface area contributed by atoms with Crippen LogP contribution in [0.3, 0.4) is 0 Å². The van der Waals surface area contributed by atoms with Crippen LogP contribution in [0, 0.1) is 0 Å². The van der Waals surface area contributed by atoms with Crippen molar-refractivity contribution in [3.63, 3.8) is 0 Å². The highest BCUT2D eigenvalue weighted by atomic mass is 19.1. The smallest absolute Gasteiger partial charge is 0.0894 e. The number of nitrogens with two attached hydrogens (primary N) is 1. The Kier molecular flexibility index (Phi) is 4.24. The van der Waals surface area contributed by atoms with E-state index in [1.807, 2.05) is 12.1 Å². The molecule has 3 heteroatoms. The SMILES string of the molecule is Nc1cccc2c1CCCN2CCCCCF. The first-order chi connectivity index (χ1) is 8.33. The Morgan fingerprint density at radius 3 is 2.94 bits per heavy atom. The zero-order chi connectivity index (χ0) is 12.1. The first kappa shape index (κ1) is 12.2. The average Bonchev–Trinajstić information content (AvgIpc) is 2.36. The van der Waals surface area contributed by atoms with Gasteiger partial charge in [-0.05, 0) is 49.8 Å². The summed E-state index contributed by atoms with van der Waals surface area (Å²) in [5, 5.41) is 0. The van der Waals surface area contributed by atoms with Crippen LogP contribution in [0.5, 0.6) is 0 Å². The molecule has 0 unspecified atom stereocenters. The molecule has 2 nitrogen and oxygen atoms in total. The number of alkyl halides is 1. The first-order valence-electron chi connectivity index (χ1n) is 6.51. The van der Waals surface area contributed by atoms with Gasteiger partial charge >= 0.3 is 0 Å². The van der Waals surface area contributed by atoms with E-state index < -0.39 is 0 Å². The molecule has 0 spiro atoms.